The summed E-state index contributed by atoms with van der Waals surface area (Å²) in [6, 6.07) is 5.01. The van der Waals surface area contributed by atoms with Crippen LogP contribution in [-0.2, 0) is 14.8 Å². The third-order valence-electron chi connectivity index (χ3n) is 4.85. The van der Waals surface area contributed by atoms with Crippen molar-refractivity contribution in [2.75, 3.05) is 18.4 Å². The van der Waals surface area contributed by atoms with Crippen molar-refractivity contribution >= 4 is 21.6 Å². The lowest BCUT2D eigenvalue weighted by atomic mass is 9.85. The van der Waals surface area contributed by atoms with E-state index in [4.69, 9.17) is 0 Å². The number of sulfonamides is 1. The van der Waals surface area contributed by atoms with E-state index in [1.54, 1.807) is 39.8 Å². The minimum atomic E-state index is -3.66. The third-order valence-corrected chi connectivity index (χ3v) is 6.75. The molecule has 0 bridgehead atoms. The number of rotatable bonds is 6. The van der Waals surface area contributed by atoms with Gasteiger partial charge in [-0.1, -0.05) is 13.0 Å². The van der Waals surface area contributed by atoms with E-state index in [0.29, 0.717) is 23.6 Å². The molecule has 7 heteroatoms. The van der Waals surface area contributed by atoms with Gasteiger partial charge in [0, 0.05) is 17.6 Å². The highest BCUT2D eigenvalue weighted by atomic mass is 32.2. The average molecular weight is 396 g/mol. The van der Waals surface area contributed by atoms with Crippen LogP contribution < -0.4 is 15.4 Å². The summed E-state index contributed by atoms with van der Waals surface area (Å²) in [7, 11) is -3.66. The molecule has 1 aliphatic rings. The Morgan fingerprint density at radius 1 is 1.33 bits per heavy atom. The van der Waals surface area contributed by atoms with Crippen molar-refractivity contribution in [2.24, 2.45) is 11.8 Å². The smallest absolute Gasteiger partial charge is 0.241 e. The summed E-state index contributed by atoms with van der Waals surface area (Å²) in [6.45, 7) is 11.3. The lowest BCUT2D eigenvalue weighted by Crippen LogP contribution is -2.40. The Bertz CT molecular complexity index is 763. The summed E-state index contributed by atoms with van der Waals surface area (Å²) in [5.74, 6) is 0.715. The van der Waals surface area contributed by atoms with E-state index >= 15 is 0 Å². The Morgan fingerprint density at radius 3 is 2.63 bits per heavy atom. The molecule has 0 spiro atoms. The van der Waals surface area contributed by atoms with Crippen LogP contribution in [0.1, 0.15) is 52.5 Å². The number of amides is 1. The molecule has 0 aromatic heterocycles. The second-order valence-electron chi connectivity index (χ2n) is 8.67. The van der Waals surface area contributed by atoms with E-state index in [1.807, 2.05) is 0 Å². The average Bonchev–Trinajstić information content (AvgIpc) is 2.55. The number of piperidine rings is 1. The highest BCUT2D eigenvalue weighted by molar-refractivity contribution is 7.89. The zero-order valence-corrected chi connectivity index (χ0v) is 17.9. The Balaban J connectivity index is 2.07. The molecule has 3 N–H and O–H groups in total. The SMILES string of the molecule is Cc1ccc(NC(=O)CC(C)C2CCCNC2)cc1S(=O)(=O)NC(C)(C)C. The van der Waals surface area contributed by atoms with Crippen LogP contribution in [0.4, 0.5) is 5.69 Å². The number of hydrogen-bond acceptors (Lipinski definition) is 4. The van der Waals surface area contributed by atoms with Gasteiger partial charge in [-0.15, -0.1) is 0 Å². The zero-order valence-electron chi connectivity index (χ0n) is 17.1. The first kappa shape index (κ1) is 21.9. The van der Waals surface area contributed by atoms with Crippen LogP contribution in [0, 0.1) is 18.8 Å². The number of hydrogen-bond donors (Lipinski definition) is 3. The summed E-state index contributed by atoms with van der Waals surface area (Å²) in [6.07, 6.45) is 2.73. The lowest BCUT2D eigenvalue weighted by Gasteiger charge is -2.28. The quantitative estimate of drug-likeness (QED) is 0.691. The molecule has 1 aromatic carbocycles. The van der Waals surface area contributed by atoms with Gasteiger partial charge in [-0.25, -0.2) is 13.1 Å². The number of nitrogens with one attached hydrogen (secondary N) is 3. The molecule has 1 heterocycles. The Labute approximate surface area is 163 Å². The molecule has 0 aliphatic carbocycles. The van der Waals surface area contributed by atoms with Gasteiger partial charge in [-0.2, -0.15) is 0 Å². The summed E-state index contributed by atoms with van der Waals surface area (Å²) in [4.78, 5) is 12.6. The fraction of sp³-hybridized carbons (Fsp3) is 0.650. The van der Waals surface area contributed by atoms with Crippen molar-refractivity contribution < 1.29 is 13.2 Å². The van der Waals surface area contributed by atoms with E-state index in [-0.39, 0.29) is 16.7 Å². The van der Waals surface area contributed by atoms with Crippen molar-refractivity contribution in [3.05, 3.63) is 23.8 Å². The Kier molecular flexibility index (Phi) is 7.05. The van der Waals surface area contributed by atoms with Crippen LogP contribution in [0.3, 0.4) is 0 Å². The highest BCUT2D eigenvalue weighted by Gasteiger charge is 2.25. The summed E-state index contributed by atoms with van der Waals surface area (Å²) in [5.41, 5.74) is 0.578. The standard InChI is InChI=1S/C20H33N3O3S/c1-14-8-9-17(12-18(14)27(25,26)23-20(3,4)5)22-19(24)11-15(2)16-7-6-10-21-13-16/h8-9,12,15-16,21,23H,6-7,10-11,13H2,1-5H3,(H,22,24). The molecule has 1 saturated heterocycles. The molecule has 6 nitrogen and oxygen atoms in total. The van der Waals surface area contributed by atoms with Crippen LogP contribution in [0.5, 0.6) is 0 Å². The van der Waals surface area contributed by atoms with Gasteiger partial charge >= 0.3 is 0 Å². The molecule has 2 rings (SSSR count). The number of aryl methyl sites for hydroxylation is 1. The second-order valence-corrected chi connectivity index (χ2v) is 10.3. The first-order valence-electron chi connectivity index (χ1n) is 9.63. The summed E-state index contributed by atoms with van der Waals surface area (Å²) in [5, 5.41) is 6.25. The van der Waals surface area contributed by atoms with Gasteiger partial charge in [0.25, 0.3) is 0 Å². The van der Waals surface area contributed by atoms with Crippen LogP contribution in [0.15, 0.2) is 23.1 Å². The van der Waals surface area contributed by atoms with E-state index in [1.165, 1.54) is 6.07 Å². The summed E-state index contributed by atoms with van der Waals surface area (Å²) < 4.78 is 28.0. The minimum Gasteiger partial charge on any atom is -0.326 e. The highest BCUT2D eigenvalue weighted by Crippen LogP contribution is 2.25. The Morgan fingerprint density at radius 2 is 2.04 bits per heavy atom. The van der Waals surface area contributed by atoms with Crippen LogP contribution in [0.25, 0.3) is 0 Å². The van der Waals surface area contributed by atoms with Crippen molar-refractivity contribution in [1.29, 1.82) is 0 Å². The van der Waals surface area contributed by atoms with E-state index in [2.05, 4.69) is 22.3 Å². The molecule has 1 aromatic rings. The fourth-order valence-electron chi connectivity index (χ4n) is 3.46. The number of carbonyl (C=O) groups is 1. The van der Waals surface area contributed by atoms with E-state index in [0.717, 1.165) is 25.9 Å². The molecule has 0 saturated carbocycles. The molecule has 1 aliphatic heterocycles. The van der Waals surface area contributed by atoms with Crippen molar-refractivity contribution in [3.63, 3.8) is 0 Å². The van der Waals surface area contributed by atoms with Crippen molar-refractivity contribution in [3.8, 4) is 0 Å². The van der Waals surface area contributed by atoms with Gasteiger partial charge in [0.05, 0.1) is 4.90 Å². The lowest BCUT2D eigenvalue weighted by molar-refractivity contribution is -0.117. The molecule has 1 amide bonds. The van der Waals surface area contributed by atoms with Crippen LogP contribution >= 0.6 is 0 Å². The van der Waals surface area contributed by atoms with Crippen LogP contribution in [0.2, 0.25) is 0 Å². The molecule has 2 unspecified atom stereocenters. The molecule has 0 radical (unpaired) electrons. The van der Waals surface area contributed by atoms with E-state index in [9.17, 15) is 13.2 Å². The topological polar surface area (TPSA) is 87.3 Å². The van der Waals surface area contributed by atoms with Crippen molar-refractivity contribution in [2.45, 2.75) is 64.3 Å². The number of carbonyl (C=O) groups excluding carboxylic acids is 1. The Hall–Kier alpha value is -1.44. The minimum absolute atomic E-state index is 0.0796. The maximum Gasteiger partial charge on any atom is 0.241 e. The predicted molar refractivity (Wildman–Crippen MR) is 109 cm³/mol. The molecular formula is C20H33N3O3S. The fourth-order valence-corrected chi connectivity index (χ4v) is 5.15. The second kappa shape index (κ2) is 8.71. The first-order chi connectivity index (χ1) is 12.5. The van der Waals surface area contributed by atoms with E-state index < -0.39 is 15.6 Å². The number of benzene rings is 1. The molecule has 2 atom stereocenters. The van der Waals surface area contributed by atoms with Gasteiger partial charge in [-0.05, 0) is 83.2 Å². The molecule has 1 fully saturated rings. The molecular weight excluding hydrogens is 362 g/mol. The zero-order chi connectivity index (χ0) is 20.2. The van der Waals surface area contributed by atoms with Gasteiger partial charge in [0.15, 0.2) is 0 Å². The van der Waals surface area contributed by atoms with Gasteiger partial charge in [0.2, 0.25) is 15.9 Å². The van der Waals surface area contributed by atoms with Gasteiger partial charge < -0.3 is 10.6 Å². The maximum atomic E-state index is 12.7. The number of anilines is 1. The largest absolute Gasteiger partial charge is 0.326 e. The van der Waals surface area contributed by atoms with Gasteiger partial charge in [0.1, 0.15) is 0 Å². The predicted octanol–water partition coefficient (Wildman–Crippen LogP) is 3.04. The summed E-state index contributed by atoms with van der Waals surface area (Å²) >= 11 is 0. The van der Waals surface area contributed by atoms with Crippen LogP contribution in [-0.4, -0.2) is 33.0 Å². The monoisotopic (exact) mass is 395 g/mol. The van der Waals surface area contributed by atoms with Gasteiger partial charge in [-0.3, -0.25) is 4.79 Å². The molecule has 152 valence electrons. The molecule has 27 heavy (non-hydrogen) atoms. The van der Waals surface area contributed by atoms with Crippen molar-refractivity contribution in [1.82, 2.24) is 10.0 Å². The first-order valence-corrected chi connectivity index (χ1v) is 11.1. The third kappa shape index (κ3) is 6.59. The normalized spacial score (nSPS) is 19.5. The maximum absolute atomic E-state index is 12.7.